The minimum absolute atomic E-state index is 0.307. The maximum atomic E-state index is 13.0. The molecule has 3 aromatic rings. The highest BCUT2D eigenvalue weighted by molar-refractivity contribution is 5.78. The van der Waals surface area contributed by atoms with Crippen LogP contribution in [-0.4, -0.2) is 39.4 Å². The van der Waals surface area contributed by atoms with Crippen molar-refractivity contribution in [1.29, 1.82) is 0 Å². The number of imidazole rings is 1. The summed E-state index contributed by atoms with van der Waals surface area (Å²) in [5, 5.41) is 0. The summed E-state index contributed by atoms with van der Waals surface area (Å²) in [7, 11) is 4.87. The highest BCUT2D eigenvalue weighted by Crippen LogP contribution is 2.38. The second kappa shape index (κ2) is 6.74. The van der Waals surface area contributed by atoms with Gasteiger partial charge >= 0.3 is 5.69 Å². The highest BCUT2D eigenvalue weighted by Gasteiger charge is 2.28. The largest absolute Gasteiger partial charge is 0.497 e. The summed E-state index contributed by atoms with van der Waals surface area (Å²) in [6.07, 6.45) is 0.827. The first-order chi connectivity index (χ1) is 13.5. The van der Waals surface area contributed by atoms with Crippen molar-refractivity contribution in [2.24, 2.45) is 7.05 Å². The van der Waals surface area contributed by atoms with Gasteiger partial charge in [0.2, 0.25) is 5.95 Å². The normalized spacial score (nSPS) is 13.6. The molecule has 1 aliphatic heterocycles. The first-order valence-corrected chi connectivity index (χ1v) is 9.21. The third kappa shape index (κ3) is 2.49. The van der Waals surface area contributed by atoms with Crippen molar-refractivity contribution in [2.45, 2.75) is 26.4 Å². The maximum absolute atomic E-state index is 13.0. The third-order valence-electron chi connectivity index (χ3n) is 5.21. The Balaban J connectivity index is 2.01. The zero-order valence-electron chi connectivity index (χ0n) is 16.4. The van der Waals surface area contributed by atoms with Gasteiger partial charge in [0, 0.05) is 32.7 Å². The third-order valence-corrected chi connectivity index (χ3v) is 5.21. The lowest BCUT2D eigenvalue weighted by Gasteiger charge is -2.30. The Bertz CT molecular complexity index is 1170. The van der Waals surface area contributed by atoms with Gasteiger partial charge < -0.3 is 18.9 Å². The molecule has 1 aliphatic rings. The zero-order valence-corrected chi connectivity index (χ0v) is 16.4. The van der Waals surface area contributed by atoms with E-state index in [-0.39, 0.29) is 11.2 Å². The molecule has 0 spiro atoms. The number of nitrogens with zero attached hydrogens (tertiary/aromatic N) is 5. The van der Waals surface area contributed by atoms with E-state index in [1.807, 2.05) is 27.7 Å². The zero-order chi connectivity index (χ0) is 20.0. The molecular weight excluding hydrogens is 362 g/mol. The predicted molar refractivity (Wildman–Crippen MR) is 106 cm³/mol. The lowest BCUT2D eigenvalue weighted by atomic mass is 10.2. The molecule has 0 saturated heterocycles. The van der Waals surface area contributed by atoms with E-state index in [0.717, 1.165) is 12.1 Å². The Kier molecular flexibility index (Phi) is 4.37. The molecule has 3 heterocycles. The first kappa shape index (κ1) is 18.1. The van der Waals surface area contributed by atoms with Crippen molar-refractivity contribution in [1.82, 2.24) is 18.7 Å². The second-order valence-electron chi connectivity index (χ2n) is 6.67. The molecule has 1 aromatic carbocycles. The Labute approximate surface area is 161 Å². The molecule has 0 amide bonds. The van der Waals surface area contributed by atoms with Gasteiger partial charge in [-0.3, -0.25) is 13.9 Å². The van der Waals surface area contributed by atoms with Crippen molar-refractivity contribution >= 4 is 22.8 Å². The van der Waals surface area contributed by atoms with Crippen LogP contribution >= 0.6 is 0 Å². The first-order valence-electron chi connectivity index (χ1n) is 9.21. The van der Waals surface area contributed by atoms with Gasteiger partial charge in [0.25, 0.3) is 5.56 Å². The number of rotatable bonds is 4. The summed E-state index contributed by atoms with van der Waals surface area (Å²) >= 11 is 0. The van der Waals surface area contributed by atoms with Crippen molar-refractivity contribution in [2.75, 3.05) is 25.7 Å². The molecule has 0 atom stereocenters. The minimum Gasteiger partial charge on any atom is -0.497 e. The summed E-state index contributed by atoms with van der Waals surface area (Å²) < 4.78 is 15.5. The number of hydrogen-bond acceptors (Lipinski definition) is 6. The van der Waals surface area contributed by atoms with Crippen LogP contribution in [0.2, 0.25) is 0 Å². The summed E-state index contributed by atoms with van der Waals surface area (Å²) in [6.45, 7) is 3.47. The molecule has 9 nitrogen and oxygen atoms in total. The van der Waals surface area contributed by atoms with Crippen molar-refractivity contribution in [3.8, 4) is 11.5 Å². The average Bonchev–Trinajstić information content (AvgIpc) is 3.12. The molecule has 28 heavy (non-hydrogen) atoms. The van der Waals surface area contributed by atoms with Crippen molar-refractivity contribution in [3.63, 3.8) is 0 Å². The Morgan fingerprint density at radius 1 is 1.14 bits per heavy atom. The molecule has 4 rings (SSSR count). The molecule has 0 N–H and O–H groups in total. The molecule has 0 aliphatic carbocycles. The van der Waals surface area contributed by atoms with Crippen molar-refractivity contribution < 1.29 is 9.47 Å². The maximum Gasteiger partial charge on any atom is 0.332 e. The van der Waals surface area contributed by atoms with Crippen LogP contribution in [0.25, 0.3) is 11.2 Å². The number of aromatic nitrogens is 4. The summed E-state index contributed by atoms with van der Waals surface area (Å²) in [4.78, 5) is 32.2. The SMILES string of the molecule is CCn1c(=O)c2c(nc3n2CCCN3c2cc(OC)ccc2OC)n(C)c1=O. The molecule has 2 aromatic heterocycles. The second-order valence-corrected chi connectivity index (χ2v) is 6.67. The van der Waals surface area contributed by atoms with E-state index in [2.05, 4.69) is 4.98 Å². The van der Waals surface area contributed by atoms with Crippen LogP contribution in [0.4, 0.5) is 11.6 Å². The van der Waals surface area contributed by atoms with Gasteiger partial charge in [-0.1, -0.05) is 0 Å². The van der Waals surface area contributed by atoms with E-state index in [0.29, 0.717) is 48.2 Å². The van der Waals surface area contributed by atoms with Crippen molar-refractivity contribution in [3.05, 3.63) is 39.0 Å². The summed E-state index contributed by atoms with van der Waals surface area (Å²) in [5.74, 6) is 2.00. The Hall–Kier alpha value is -3.23. The van der Waals surface area contributed by atoms with Crippen LogP contribution in [0, 0.1) is 0 Å². The van der Waals surface area contributed by atoms with Gasteiger partial charge in [0.15, 0.2) is 11.2 Å². The van der Waals surface area contributed by atoms with Crippen LogP contribution in [-0.2, 0) is 20.1 Å². The minimum atomic E-state index is -0.360. The smallest absolute Gasteiger partial charge is 0.332 e. The lowest BCUT2D eigenvalue weighted by Crippen LogP contribution is -2.39. The molecule has 0 saturated carbocycles. The predicted octanol–water partition coefficient (Wildman–Crippen LogP) is 1.48. The topological polar surface area (TPSA) is 83.5 Å². The molecule has 0 bridgehead atoms. The number of hydrogen-bond donors (Lipinski definition) is 0. The van der Waals surface area contributed by atoms with Gasteiger partial charge in [-0.2, -0.15) is 4.98 Å². The fraction of sp³-hybridized carbons (Fsp3) is 0.421. The Morgan fingerprint density at radius 2 is 1.93 bits per heavy atom. The van der Waals surface area contributed by atoms with Crippen LogP contribution < -0.4 is 25.6 Å². The molecular formula is C19H23N5O4. The highest BCUT2D eigenvalue weighted by atomic mass is 16.5. The average molecular weight is 385 g/mol. The van der Waals surface area contributed by atoms with Crippen LogP contribution in [0.5, 0.6) is 11.5 Å². The van der Waals surface area contributed by atoms with E-state index in [4.69, 9.17) is 9.47 Å². The number of aryl methyl sites for hydroxylation is 2. The number of fused-ring (bicyclic) bond motifs is 3. The van der Waals surface area contributed by atoms with E-state index < -0.39 is 0 Å². The Morgan fingerprint density at radius 3 is 2.61 bits per heavy atom. The fourth-order valence-electron chi connectivity index (χ4n) is 3.78. The monoisotopic (exact) mass is 385 g/mol. The van der Waals surface area contributed by atoms with E-state index >= 15 is 0 Å². The van der Waals surface area contributed by atoms with Gasteiger partial charge in [-0.05, 0) is 25.5 Å². The standard InChI is InChI=1S/C19H23N5O4/c1-5-22-17(25)15-16(21(2)19(22)26)20-18-23(9-6-10-24(15)18)13-11-12(27-3)7-8-14(13)28-4/h7-8,11H,5-6,9-10H2,1-4H3. The van der Waals surface area contributed by atoms with E-state index in [1.165, 1.54) is 9.13 Å². The molecule has 0 unspecified atom stereocenters. The number of anilines is 2. The summed E-state index contributed by atoms with van der Waals surface area (Å²) in [6, 6.07) is 5.56. The molecule has 9 heteroatoms. The van der Waals surface area contributed by atoms with Gasteiger partial charge in [0.05, 0.1) is 19.9 Å². The quantitative estimate of drug-likeness (QED) is 0.676. The van der Waals surface area contributed by atoms with Crippen LogP contribution in [0.1, 0.15) is 13.3 Å². The van der Waals surface area contributed by atoms with Gasteiger partial charge in [-0.25, -0.2) is 4.79 Å². The van der Waals surface area contributed by atoms with Gasteiger partial charge in [0.1, 0.15) is 11.5 Å². The molecule has 148 valence electrons. The fourth-order valence-corrected chi connectivity index (χ4v) is 3.78. The van der Waals surface area contributed by atoms with E-state index in [9.17, 15) is 9.59 Å². The lowest BCUT2D eigenvalue weighted by molar-refractivity contribution is 0.403. The summed E-state index contributed by atoms with van der Waals surface area (Å²) in [5.41, 5.74) is 0.979. The number of ether oxygens (including phenoxy) is 2. The van der Waals surface area contributed by atoms with Crippen LogP contribution in [0.3, 0.4) is 0 Å². The van der Waals surface area contributed by atoms with Gasteiger partial charge in [-0.15, -0.1) is 0 Å². The molecule has 0 radical (unpaired) electrons. The van der Waals surface area contributed by atoms with Crippen LogP contribution in [0.15, 0.2) is 27.8 Å². The number of methoxy groups -OCH3 is 2. The molecule has 0 fully saturated rings. The van der Waals surface area contributed by atoms with E-state index in [1.54, 1.807) is 28.2 Å². The number of benzene rings is 1.